The van der Waals surface area contributed by atoms with Gasteiger partial charge in [-0.3, -0.25) is 0 Å². The molecule has 0 radical (unpaired) electrons. The van der Waals surface area contributed by atoms with Crippen LogP contribution in [0.25, 0.3) is 0 Å². The Labute approximate surface area is 121 Å². The molecule has 0 rings (SSSR count). The molecule has 0 aromatic heterocycles. The maximum absolute atomic E-state index is 2.44. The van der Waals surface area contributed by atoms with E-state index in [2.05, 4.69) is 40.0 Å². The molecule has 0 atom stereocenters. The largest absolute Gasteiger partial charge is 0.113 e. The highest BCUT2D eigenvalue weighted by atomic mass is 31.1. The van der Waals surface area contributed by atoms with Crippen LogP contribution >= 0.6 is 31.7 Å². The van der Waals surface area contributed by atoms with Gasteiger partial charge in [0.15, 0.2) is 0 Å². The van der Waals surface area contributed by atoms with Crippen LogP contribution in [0.1, 0.15) is 12.8 Å². The van der Waals surface area contributed by atoms with E-state index in [0.29, 0.717) is 31.7 Å². The molecular formula is C14H34P4. The monoisotopic (exact) mass is 326 g/mol. The Morgan fingerprint density at radius 1 is 0.444 bits per heavy atom. The molecule has 0 aliphatic heterocycles. The summed E-state index contributed by atoms with van der Waals surface area (Å²) in [5.74, 6) is 0. The second-order valence-electron chi connectivity index (χ2n) is 5.96. The van der Waals surface area contributed by atoms with Gasteiger partial charge < -0.3 is 0 Å². The van der Waals surface area contributed by atoms with Crippen molar-refractivity contribution in [2.45, 2.75) is 12.8 Å². The standard InChI is InChI=1S/C14H34P4/c1-15(2)9-7-11-18(14-13-17(5)6)12-8-10-16(3)4/h7-14H2,1-6H3. The molecule has 0 spiro atoms. The lowest BCUT2D eigenvalue weighted by molar-refractivity contribution is 1.06. The highest BCUT2D eigenvalue weighted by molar-refractivity contribution is 7.61. The van der Waals surface area contributed by atoms with Crippen molar-refractivity contribution in [3.8, 4) is 0 Å². The van der Waals surface area contributed by atoms with Gasteiger partial charge in [0.05, 0.1) is 0 Å². The van der Waals surface area contributed by atoms with E-state index in [1.54, 1.807) is 18.5 Å². The minimum absolute atomic E-state index is 0.336. The van der Waals surface area contributed by atoms with Crippen molar-refractivity contribution < 1.29 is 0 Å². The van der Waals surface area contributed by atoms with Crippen LogP contribution in [0.4, 0.5) is 0 Å². The van der Waals surface area contributed by atoms with Crippen LogP contribution in [-0.2, 0) is 0 Å². The van der Waals surface area contributed by atoms with E-state index in [9.17, 15) is 0 Å². The molecule has 0 heterocycles. The summed E-state index contributed by atoms with van der Waals surface area (Å²) < 4.78 is 0. The normalized spacial score (nSPS) is 12.3. The zero-order valence-corrected chi connectivity index (χ0v) is 17.0. The molecule has 0 amide bonds. The zero-order valence-electron chi connectivity index (χ0n) is 13.4. The van der Waals surface area contributed by atoms with Gasteiger partial charge in [0.1, 0.15) is 0 Å². The van der Waals surface area contributed by atoms with Crippen molar-refractivity contribution in [3.05, 3.63) is 0 Å². The second-order valence-corrected chi connectivity index (χ2v) is 16.5. The smallest absolute Gasteiger partial charge is 0.0287 e. The molecule has 0 nitrogen and oxygen atoms in total. The SMILES string of the molecule is CP(C)CCCP(CCCP(C)C)CCP(C)C. The predicted molar refractivity (Wildman–Crippen MR) is 102 cm³/mol. The fraction of sp³-hybridized carbons (Fsp3) is 1.00. The third kappa shape index (κ3) is 14.1. The van der Waals surface area contributed by atoms with Crippen LogP contribution in [0.2, 0.25) is 0 Å². The molecule has 18 heavy (non-hydrogen) atoms. The van der Waals surface area contributed by atoms with Gasteiger partial charge in [-0.25, -0.2) is 0 Å². The molecule has 0 aromatic carbocycles. The molecule has 0 fully saturated rings. The van der Waals surface area contributed by atoms with Crippen molar-refractivity contribution >= 4 is 31.7 Å². The van der Waals surface area contributed by atoms with Gasteiger partial charge in [-0.1, -0.05) is 0 Å². The summed E-state index contributed by atoms with van der Waals surface area (Å²) in [6.45, 7) is 14.6. The predicted octanol–water partition coefficient (Wildman–Crippen LogP) is 5.47. The number of hydrogen-bond acceptors (Lipinski definition) is 0. The van der Waals surface area contributed by atoms with Crippen LogP contribution in [0.15, 0.2) is 0 Å². The summed E-state index contributed by atoms with van der Waals surface area (Å²) in [6.07, 6.45) is 12.3. The quantitative estimate of drug-likeness (QED) is 0.442. The van der Waals surface area contributed by atoms with E-state index >= 15 is 0 Å². The van der Waals surface area contributed by atoms with E-state index in [1.165, 1.54) is 31.3 Å². The summed E-state index contributed by atoms with van der Waals surface area (Å²) in [4.78, 5) is 0. The number of hydrogen-bond donors (Lipinski definition) is 0. The van der Waals surface area contributed by atoms with Crippen molar-refractivity contribution in [2.75, 3.05) is 77.0 Å². The zero-order chi connectivity index (χ0) is 14.0. The van der Waals surface area contributed by atoms with Crippen LogP contribution < -0.4 is 0 Å². The Bertz CT molecular complexity index is 167. The van der Waals surface area contributed by atoms with Crippen LogP contribution in [0.5, 0.6) is 0 Å². The first kappa shape index (κ1) is 19.7. The highest BCUT2D eigenvalue weighted by Crippen LogP contribution is 2.42. The van der Waals surface area contributed by atoms with Crippen molar-refractivity contribution in [2.24, 2.45) is 0 Å². The second kappa shape index (κ2) is 12.5. The van der Waals surface area contributed by atoms with Crippen LogP contribution in [-0.4, -0.2) is 77.0 Å². The minimum atomic E-state index is 0.336. The topological polar surface area (TPSA) is 0 Å². The molecule has 0 saturated heterocycles. The van der Waals surface area contributed by atoms with Crippen LogP contribution in [0.3, 0.4) is 0 Å². The molecule has 0 aliphatic carbocycles. The fourth-order valence-corrected chi connectivity index (χ4v) is 8.59. The molecular weight excluding hydrogens is 292 g/mol. The van der Waals surface area contributed by atoms with Gasteiger partial charge in [-0.15, -0.1) is 31.7 Å². The molecule has 0 aliphatic rings. The average Bonchev–Trinajstić information content (AvgIpc) is 2.24. The summed E-state index contributed by atoms with van der Waals surface area (Å²) >= 11 is 0. The van der Waals surface area contributed by atoms with Crippen molar-refractivity contribution in [3.63, 3.8) is 0 Å². The Morgan fingerprint density at radius 2 is 0.833 bits per heavy atom. The molecule has 110 valence electrons. The number of rotatable bonds is 11. The lowest BCUT2D eigenvalue weighted by atomic mass is 10.6. The maximum Gasteiger partial charge on any atom is -0.0287 e. The first-order chi connectivity index (χ1) is 8.41. The third-order valence-corrected chi connectivity index (χ3v) is 9.67. The summed E-state index contributed by atoms with van der Waals surface area (Å²) in [5, 5.41) is 0. The van der Waals surface area contributed by atoms with Crippen molar-refractivity contribution in [1.82, 2.24) is 0 Å². The van der Waals surface area contributed by atoms with E-state index in [-0.39, 0.29) is 0 Å². The van der Waals surface area contributed by atoms with E-state index in [0.717, 1.165) is 0 Å². The summed E-state index contributed by atoms with van der Waals surface area (Å²) in [7, 11) is 1.40. The molecule has 0 bridgehead atoms. The lowest BCUT2D eigenvalue weighted by Crippen LogP contribution is -2.01. The molecule has 0 unspecified atom stereocenters. The highest BCUT2D eigenvalue weighted by Gasteiger charge is 2.09. The Morgan fingerprint density at radius 3 is 1.17 bits per heavy atom. The lowest BCUT2D eigenvalue weighted by Gasteiger charge is -2.20. The third-order valence-electron chi connectivity index (χ3n) is 3.02. The first-order valence-corrected chi connectivity index (χ1v) is 16.2. The molecule has 0 aromatic rings. The fourth-order valence-electron chi connectivity index (χ4n) is 1.90. The first-order valence-electron chi connectivity index (χ1n) is 7.08. The van der Waals surface area contributed by atoms with Gasteiger partial charge in [-0.2, -0.15) is 0 Å². The van der Waals surface area contributed by atoms with E-state index < -0.39 is 0 Å². The summed E-state index contributed by atoms with van der Waals surface area (Å²) in [5.41, 5.74) is 0. The minimum Gasteiger partial charge on any atom is -0.113 e. The van der Waals surface area contributed by atoms with Gasteiger partial charge in [-0.05, 0) is 89.8 Å². The maximum atomic E-state index is 2.44. The van der Waals surface area contributed by atoms with Gasteiger partial charge >= 0.3 is 0 Å². The molecule has 4 heteroatoms. The molecule has 0 N–H and O–H groups in total. The summed E-state index contributed by atoms with van der Waals surface area (Å²) in [6, 6.07) is 0. The molecule has 0 saturated carbocycles. The Hall–Kier alpha value is 1.72. The Kier molecular flexibility index (Phi) is 13.7. The van der Waals surface area contributed by atoms with Gasteiger partial charge in [0.25, 0.3) is 0 Å². The van der Waals surface area contributed by atoms with E-state index in [4.69, 9.17) is 0 Å². The van der Waals surface area contributed by atoms with E-state index in [1.807, 2.05) is 0 Å². The van der Waals surface area contributed by atoms with Gasteiger partial charge in [0.2, 0.25) is 0 Å². The van der Waals surface area contributed by atoms with Crippen LogP contribution in [0, 0.1) is 0 Å². The van der Waals surface area contributed by atoms with Crippen molar-refractivity contribution in [1.29, 1.82) is 0 Å². The average molecular weight is 326 g/mol. The van der Waals surface area contributed by atoms with Gasteiger partial charge in [0, 0.05) is 0 Å². The Balaban J connectivity index is 3.84.